The number of urea groups is 1. The zero-order valence-corrected chi connectivity index (χ0v) is 17.3. The topological polar surface area (TPSA) is 87.7 Å². The lowest BCUT2D eigenvalue weighted by Crippen LogP contribution is -2.33. The van der Waals surface area contributed by atoms with Crippen molar-refractivity contribution in [1.29, 1.82) is 0 Å². The SMILES string of the molecule is CSc1ccc(CN(C)C(=O)COC(=O)CCNC(=O)Nc2ccccc2)cc1. The second-order valence-electron chi connectivity index (χ2n) is 6.26. The van der Waals surface area contributed by atoms with E-state index in [4.69, 9.17) is 4.74 Å². The lowest BCUT2D eigenvalue weighted by molar-refractivity contribution is -0.151. The van der Waals surface area contributed by atoms with Crippen molar-refractivity contribution in [2.45, 2.75) is 17.9 Å². The van der Waals surface area contributed by atoms with E-state index < -0.39 is 12.0 Å². The van der Waals surface area contributed by atoms with Crippen LogP contribution in [0.2, 0.25) is 0 Å². The largest absolute Gasteiger partial charge is 0.456 e. The Morgan fingerprint density at radius 1 is 1.03 bits per heavy atom. The van der Waals surface area contributed by atoms with Crippen LogP contribution in [0.1, 0.15) is 12.0 Å². The smallest absolute Gasteiger partial charge is 0.319 e. The summed E-state index contributed by atoms with van der Waals surface area (Å²) >= 11 is 1.65. The molecule has 29 heavy (non-hydrogen) atoms. The first-order valence-corrected chi connectivity index (χ1v) is 10.3. The molecule has 7 nitrogen and oxygen atoms in total. The number of esters is 1. The van der Waals surface area contributed by atoms with Crippen LogP contribution in [0.15, 0.2) is 59.5 Å². The van der Waals surface area contributed by atoms with Crippen molar-refractivity contribution in [3.8, 4) is 0 Å². The quantitative estimate of drug-likeness (QED) is 0.485. The first-order chi connectivity index (χ1) is 14.0. The number of likely N-dealkylation sites (N-methyl/N-ethyl adjacent to an activating group) is 1. The summed E-state index contributed by atoms with van der Waals surface area (Å²) in [5.41, 5.74) is 1.66. The van der Waals surface area contributed by atoms with E-state index in [0.29, 0.717) is 12.2 Å². The summed E-state index contributed by atoms with van der Waals surface area (Å²) in [5.74, 6) is -0.835. The van der Waals surface area contributed by atoms with Crippen LogP contribution in [0.25, 0.3) is 0 Å². The highest BCUT2D eigenvalue weighted by Crippen LogP contribution is 2.15. The minimum atomic E-state index is -0.545. The van der Waals surface area contributed by atoms with Gasteiger partial charge in [0.15, 0.2) is 6.61 Å². The number of thioether (sulfide) groups is 1. The third kappa shape index (κ3) is 8.27. The first kappa shape index (κ1) is 22.3. The predicted octanol–water partition coefficient (Wildman–Crippen LogP) is 3.12. The summed E-state index contributed by atoms with van der Waals surface area (Å²) in [6.07, 6.45) is 1.99. The van der Waals surface area contributed by atoms with Crippen LogP contribution in [0.5, 0.6) is 0 Å². The second-order valence-corrected chi connectivity index (χ2v) is 7.14. The number of hydrogen-bond donors (Lipinski definition) is 2. The van der Waals surface area contributed by atoms with Gasteiger partial charge >= 0.3 is 12.0 Å². The molecule has 0 aliphatic heterocycles. The fourth-order valence-electron chi connectivity index (χ4n) is 2.39. The van der Waals surface area contributed by atoms with Crippen LogP contribution in [0.4, 0.5) is 10.5 Å². The van der Waals surface area contributed by atoms with Crippen molar-refractivity contribution >= 4 is 35.4 Å². The van der Waals surface area contributed by atoms with Crippen molar-refractivity contribution in [1.82, 2.24) is 10.2 Å². The maximum Gasteiger partial charge on any atom is 0.319 e. The number of anilines is 1. The molecule has 0 spiro atoms. The van der Waals surface area contributed by atoms with Crippen LogP contribution >= 0.6 is 11.8 Å². The number of amides is 3. The van der Waals surface area contributed by atoms with Gasteiger partial charge in [0.25, 0.3) is 5.91 Å². The van der Waals surface area contributed by atoms with Gasteiger partial charge in [-0.3, -0.25) is 9.59 Å². The number of nitrogens with zero attached hydrogens (tertiary/aromatic N) is 1. The van der Waals surface area contributed by atoms with E-state index in [1.165, 1.54) is 4.90 Å². The van der Waals surface area contributed by atoms with E-state index >= 15 is 0 Å². The summed E-state index contributed by atoms with van der Waals surface area (Å²) in [6, 6.07) is 16.5. The van der Waals surface area contributed by atoms with Gasteiger partial charge < -0.3 is 20.3 Å². The summed E-state index contributed by atoms with van der Waals surface area (Å²) < 4.78 is 4.99. The molecule has 154 valence electrons. The molecule has 0 radical (unpaired) electrons. The molecule has 2 aromatic rings. The lowest BCUT2D eigenvalue weighted by Gasteiger charge is -2.17. The highest BCUT2D eigenvalue weighted by atomic mass is 32.2. The van der Waals surface area contributed by atoms with Gasteiger partial charge in [-0.15, -0.1) is 11.8 Å². The van der Waals surface area contributed by atoms with E-state index in [9.17, 15) is 14.4 Å². The predicted molar refractivity (Wildman–Crippen MR) is 114 cm³/mol. The van der Waals surface area contributed by atoms with E-state index in [2.05, 4.69) is 10.6 Å². The van der Waals surface area contributed by atoms with Gasteiger partial charge in [0.05, 0.1) is 6.42 Å². The maximum atomic E-state index is 12.1. The molecule has 0 aliphatic rings. The van der Waals surface area contributed by atoms with Crippen molar-refractivity contribution in [2.75, 3.05) is 31.8 Å². The molecule has 0 saturated carbocycles. The van der Waals surface area contributed by atoms with Gasteiger partial charge in [-0.1, -0.05) is 30.3 Å². The Kier molecular flexibility index (Phi) is 9.04. The molecule has 0 bridgehead atoms. The molecule has 2 N–H and O–H groups in total. The van der Waals surface area contributed by atoms with Gasteiger partial charge in [0.1, 0.15) is 0 Å². The molecule has 8 heteroatoms. The molecule has 0 atom stereocenters. The average molecular weight is 416 g/mol. The number of carbonyl (C=O) groups excluding carboxylic acids is 3. The van der Waals surface area contributed by atoms with Crippen LogP contribution in [-0.2, 0) is 20.9 Å². The van der Waals surface area contributed by atoms with Gasteiger partial charge in [0.2, 0.25) is 0 Å². The Bertz CT molecular complexity index is 812. The number of benzene rings is 2. The minimum absolute atomic E-state index is 0.0185. The van der Waals surface area contributed by atoms with Crippen LogP contribution < -0.4 is 10.6 Å². The number of rotatable bonds is 9. The molecule has 0 unspecified atom stereocenters. The highest BCUT2D eigenvalue weighted by Gasteiger charge is 2.13. The van der Waals surface area contributed by atoms with Gasteiger partial charge in [-0.05, 0) is 36.1 Å². The first-order valence-electron chi connectivity index (χ1n) is 9.10. The fraction of sp³-hybridized carbons (Fsp3) is 0.286. The Hall–Kier alpha value is -3.00. The van der Waals surface area contributed by atoms with Gasteiger partial charge in [-0.25, -0.2) is 4.79 Å². The molecule has 2 rings (SSSR count). The number of nitrogens with one attached hydrogen (secondary N) is 2. The van der Waals surface area contributed by atoms with Crippen molar-refractivity contribution in [3.63, 3.8) is 0 Å². The highest BCUT2D eigenvalue weighted by molar-refractivity contribution is 7.98. The minimum Gasteiger partial charge on any atom is -0.456 e. The van der Waals surface area contributed by atoms with Crippen LogP contribution in [-0.4, -0.2) is 49.3 Å². The molecule has 0 saturated heterocycles. The molecule has 0 aliphatic carbocycles. The Morgan fingerprint density at radius 2 is 1.72 bits per heavy atom. The third-order valence-corrected chi connectivity index (χ3v) is 4.75. The van der Waals surface area contributed by atoms with Crippen LogP contribution in [0.3, 0.4) is 0 Å². The zero-order chi connectivity index (χ0) is 21.1. The van der Waals surface area contributed by atoms with Crippen molar-refractivity contribution in [3.05, 3.63) is 60.2 Å². The lowest BCUT2D eigenvalue weighted by atomic mass is 10.2. The molecule has 3 amide bonds. The number of hydrogen-bond acceptors (Lipinski definition) is 5. The number of carbonyl (C=O) groups is 3. The molecule has 0 aromatic heterocycles. The summed E-state index contributed by atoms with van der Waals surface area (Å²) in [6.45, 7) is 0.226. The van der Waals surface area contributed by atoms with Crippen molar-refractivity contribution in [2.24, 2.45) is 0 Å². The Labute approximate surface area is 174 Å². The summed E-state index contributed by atoms with van der Waals surface area (Å²) in [7, 11) is 1.66. The Morgan fingerprint density at radius 3 is 2.38 bits per heavy atom. The second kappa shape index (κ2) is 11.8. The van der Waals surface area contributed by atoms with Gasteiger partial charge in [-0.2, -0.15) is 0 Å². The normalized spacial score (nSPS) is 10.1. The number of para-hydroxylation sites is 1. The molecule has 2 aromatic carbocycles. The molecular formula is C21H25N3O4S. The average Bonchev–Trinajstić information content (AvgIpc) is 2.73. The third-order valence-electron chi connectivity index (χ3n) is 4.01. The fourth-order valence-corrected chi connectivity index (χ4v) is 2.80. The monoisotopic (exact) mass is 415 g/mol. The van der Waals surface area contributed by atoms with E-state index in [1.807, 2.05) is 36.6 Å². The standard InChI is InChI=1S/C21H25N3O4S/c1-24(14-16-8-10-18(29-2)11-9-16)19(25)15-28-20(26)12-13-22-21(27)23-17-6-4-3-5-7-17/h3-11H,12-15H2,1-2H3,(H2,22,23,27). The summed E-state index contributed by atoms with van der Waals surface area (Å²) in [4.78, 5) is 38.3. The summed E-state index contributed by atoms with van der Waals surface area (Å²) in [5, 5.41) is 5.21. The molecule has 0 fully saturated rings. The molecular weight excluding hydrogens is 390 g/mol. The number of ether oxygens (including phenoxy) is 1. The van der Waals surface area contributed by atoms with E-state index in [0.717, 1.165) is 10.5 Å². The van der Waals surface area contributed by atoms with E-state index in [-0.39, 0.29) is 25.5 Å². The van der Waals surface area contributed by atoms with E-state index in [1.54, 1.807) is 43.1 Å². The maximum absolute atomic E-state index is 12.1. The zero-order valence-electron chi connectivity index (χ0n) is 16.5. The molecule has 0 heterocycles. The van der Waals surface area contributed by atoms with Gasteiger partial charge in [0, 0.05) is 30.7 Å². The van der Waals surface area contributed by atoms with Crippen LogP contribution in [0, 0.1) is 0 Å². The van der Waals surface area contributed by atoms with Crippen molar-refractivity contribution < 1.29 is 19.1 Å². The Balaban J connectivity index is 1.63.